The van der Waals surface area contributed by atoms with Crippen molar-refractivity contribution in [3.05, 3.63) is 47.5 Å². The van der Waals surface area contributed by atoms with Crippen LogP contribution in [0, 0.1) is 11.8 Å². The zero-order valence-electron chi connectivity index (χ0n) is 21.0. The lowest BCUT2D eigenvalue weighted by Gasteiger charge is -2.43. The molecule has 1 aliphatic carbocycles. The number of nitrogens with one attached hydrogen (secondary N) is 2. The van der Waals surface area contributed by atoms with E-state index in [-0.39, 0.29) is 36.5 Å². The standard InChI is InChI=1S/C27H31N3O6S/c1-33-21-7-3-16(11-23(21)34-2)9-10-28-25(31)18-5-6-19-20(13-18)29-27(37)30(26(19)32)14-17-4-8-22-24(12-17)36-15-35-22/h3-4,7-8,11-12,18-20H,5-6,9-10,13-15H2,1-2H3,(H,28,31)(H,29,37). The zero-order valence-corrected chi connectivity index (χ0v) is 21.8. The SMILES string of the molecule is COc1ccc(CCNC(=O)C2CCC3C(=O)N(Cc4ccc5c(c4)OCO5)C(=S)NC3C2)cc1OC. The van der Waals surface area contributed by atoms with Crippen LogP contribution in [0.15, 0.2) is 36.4 Å². The van der Waals surface area contributed by atoms with Crippen molar-refractivity contribution in [2.45, 2.75) is 38.3 Å². The van der Waals surface area contributed by atoms with Gasteiger partial charge in [-0.3, -0.25) is 14.5 Å². The van der Waals surface area contributed by atoms with Crippen LogP contribution in [0.4, 0.5) is 0 Å². The minimum atomic E-state index is -0.198. The Hall–Kier alpha value is -3.53. The van der Waals surface area contributed by atoms with E-state index >= 15 is 0 Å². The second-order valence-corrected chi connectivity index (χ2v) is 9.90. The highest BCUT2D eigenvalue weighted by molar-refractivity contribution is 7.80. The van der Waals surface area contributed by atoms with Gasteiger partial charge in [0.15, 0.2) is 28.1 Å². The average Bonchev–Trinajstić information content (AvgIpc) is 3.38. The van der Waals surface area contributed by atoms with Crippen LogP contribution in [-0.2, 0) is 22.6 Å². The molecule has 0 spiro atoms. The van der Waals surface area contributed by atoms with Gasteiger partial charge in [0.05, 0.1) is 26.7 Å². The zero-order chi connectivity index (χ0) is 25.9. The summed E-state index contributed by atoms with van der Waals surface area (Å²) in [6.07, 6.45) is 2.57. The highest BCUT2D eigenvalue weighted by Crippen LogP contribution is 2.36. The molecule has 1 saturated heterocycles. The first-order chi connectivity index (χ1) is 18.0. The molecule has 2 fully saturated rings. The third-order valence-electron chi connectivity index (χ3n) is 7.30. The fraction of sp³-hybridized carbons (Fsp3) is 0.444. The number of rotatable bonds is 8. The summed E-state index contributed by atoms with van der Waals surface area (Å²) in [6, 6.07) is 11.3. The largest absolute Gasteiger partial charge is 0.493 e. The number of fused-ring (bicyclic) bond motifs is 2. The lowest BCUT2D eigenvalue weighted by Crippen LogP contribution is -2.61. The quantitative estimate of drug-likeness (QED) is 0.508. The van der Waals surface area contributed by atoms with Crippen molar-refractivity contribution in [3.63, 3.8) is 0 Å². The molecule has 3 unspecified atom stereocenters. The Morgan fingerprint density at radius 1 is 1.08 bits per heavy atom. The molecule has 2 N–H and O–H groups in total. The summed E-state index contributed by atoms with van der Waals surface area (Å²) in [5.41, 5.74) is 1.97. The number of amides is 2. The van der Waals surface area contributed by atoms with Gasteiger partial charge in [-0.2, -0.15) is 0 Å². The van der Waals surface area contributed by atoms with E-state index in [0.717, 1.165) is 11.1 Å². The summed E-state index contributed by atoms with van der Waals surface area (Å²) >= 11 is 5.56. The molecule has 0 bridgehead atoms. The molecule has 2 aromatic carbocycles. The predicted octanol–water partition coefficient (Wildman–Crippen LogP) is 2.79. The Bertz CT molecular complexity index is 1200. The van der Waals surface area contributed by atoms with Crippen molar-refractivity contribution in [1.29, 1.82) is 0 Å². The van der Waals surface area contributed by atoms with Crippen LogP contribution in [0.25, 0.3) is 0 Å². The number of benzene rings is 2. The summed E-state index contributed by atoms with van der Waals surface area (Å²) in [5.74, 6) is 2.40. The maximum absolute atomic E-state index is 13.3. The number of thiocarbonyl (C=S) groups is 1. The monoisotopic (exact) mass is 525 g/mol. The van der Waals surface area contributed by atoms with Gasteiger partial charge >= 0.3 is 0 Å². The summed E-state index contributed by atoms with van der Waals surface area (Å²) in [5, 5.41) is 6.80. The van der Waals surface area contributed by atoms with E-state index in [0.29, 0.717) is 66.9 Å². The number of hydrogen-bond donors (Lipinski definition) is 2. The summed E-state index contributed by atoms with van der Waals surface area (Å²) in [4.78, 5) is 27.9. The minimum absolute atomic E-state index is 0.0127. The summed E-state index contributed by atoms with van der Waals surface area (Å²) in [7, 11) is 3.21. The van der Waals surface area contributed by atoms with Gasteiger partial charge < -0.3 is 29.6 Å². The Kier molecular flexibility index (Phi) is 7.36. The molecule has 196 valence electrons. The van der Waals surface area contributed by atoms with E-state index in [9.17, 15) is 9.59 Å². The lowest BCUT2D eigenvalue weighted by atomic mass is 9.76. The number of methoxy groups -OCH3 is 2. The van der Waals surface area contributed by atoms with E-state index in [1.54, 1.807) is 19.1 Å². The molecule has 3 aliphatic rings. The highest BCUT2D eigenvalue weighted by Gasteiger charge is 2.44. The van der Waals surface area contributed by atoms with Crippen molar-refractivity contribution in [2.24, 2.45) is 11.8 Å². The first-order valence-corrected chi connectivity index (χ1v) is 12.9. The highest BCUT2D eigenvalue weighted by atomic mass is 32.1. The first kappa shape index (κ1) is 25.1. The number of hydrogen-bond acceptors (Lipinski definition) is 7. The van der Waals surface area contributed by atoms with Gasteiger partial charge in [0.1, 0.15) is 0 Å². The van der Waals surface area contributed by atoms with Crippen molar-refractivity contribution in [2.75, 3.05) is 27.6 Å². The third-order valence-corrected chi connectivity index (χ3v) is 7.64. The molecule has 2 aromatic rings. The van der Waals surface area contributed by atoms with Crippen LogP contribution in [0.5, 0.6) is 23.0 Å². The van der Waals surface area contributed by atoms with E-state index in [2.05, 4.69) is 10.6 Å². The fourth-order valence-electron chi connectivity index (χ4n) is 5.28. The van der Waals surface area contributed by atoms with Crippen LogP contribution < -0.4 is 29.6 Å². The van der Waals surface area contributed by atoms with Crippen molar-refractivity contribution < 1.29 is 28.5 Å². The van der Waals surface area contributed by atoms with Gasteiger partial charge in [0, 0.05) is 18.5 Å². The van der Waals surface area contributed by atoms with Crippen LogP contribution in [0.2, 0.25) is 0 Å². The summed E-state index contributed by atoms with van der Waals surface area (Å²) in [6.45, 7) is 1.09. The van der Waals surface area contributed by atoms with Crippen LogP contribution in [0.1, 0.15) is 30.4 Å². The topological polar surface area (TPSA) is 98.4 Å². The Morgan fingerprint density at radius 3 is 2.68 bits per heavy atom. The Labute approximate surface area is 221 Å². The smallest absolute Gasteiger partial charge is 0.234 e. The second kappa shape index (κ2) is 10.8. The van der Waals surface area contributed by atoms with E-state index in [1.165, 1.54) is 0 Å². The normalized spacial score (nSPS) is 22.2. The Morgan fingerprint density at radius 2 is 1.86 bits per heavy atom. The van der Waals surface area contributed by atoms with E-state index < -0.39 is 0 Å². The molecular formula is C27H31N3O6S. The maximum Gasteiger partial charge on any atom is 0.234 e. The molecule has 1 saturated carbocycles. The van der Waals surface area contributed by atoms with Crippen molar-refractivity contribution >= 4 is 29.1 Å². The summed E-state index contributed by atoms with van der Waals surface area (Å²) < 4.78 is 21.5. The third kappa shape index (κ3) is 5.29. The first-order valence-electron chi connectivity index (χ1n) is 12.5. The van der Waals surface area contributed by atoms with Crippen LogP contribution in [-0.4, -0.2) is 55.4 Å². The van der Waals surface area contributed by atoms with Gasteiger partial charge in [-0.1, -0.05) is 12.1 Å². The minimum Gasteiger partial charge on any atom is -0.493 e. The maximum atomic E-state index is 13.3. The molecule has 2 heterocycles. The van der Waals surface area contributed by atoms with Crippen molar-refractivity contribution in [3.8, 4) is 23.0 Å². The van der Waals surface area contributed by atoms with E-state index in [4.69, 9.17) is 31.2 Å². The average molecular weight is 526 g/mol. The van der Waals surface area contributed by atoms with Gasteiger partial charge in [0.25, 0.3) is 0 Å². The molecule has 5 rings (SSSR count). The van der Waals surface area contributed by atoms with Crippen LogP contribution in [0.3, 0.4) is 0 Å². The molecule has 2 amide bonds. The molecule has 2 aliphatic heterocycles. The molecule has 37 heavy (non-hydrogen) atoms. The van der Waals surface area contributed by atoms with Gasteiger partial charge in [-0.15, -0.1) is 0 Å². The molecule has 9 nitrogen and oxygen atoms in total. The van der Waals surface area contributed by atoms with Crippen molar-refractivity contribution in [1.82, 2.24) is 15.5 Å². The Balaban J connectivity index is 1.13. The number of carbonyl (C=O) groups excluding carboxylic acids is 2. The number of carbonyl (C=O) groups is 2. The fourth-order valence-corrected chi connectivity index (χ4v) is 5.59. The molecule has 10 heteroatoms. The van der Waals surface area contributed by atoms with Gasteiger partial charge in [-0.05, 0) is 73.3 Å². The molecule has 0 aromatic heterocycles. The van der Waals surface area contributed by atoms with Crippen LogP contribution >= 0.6 is 12.2 Å². The second-order valence-electron chi connectivity index (χ2n) is 9.51. The molecule has 3 atom stereocenters. The lowest BCUT2D eigenvalue weighted by molar-refractivity contribution is -0.138. The number of ether oxygens (including phenoxy) is 4. The number of nitrogens with zero attached hydrogens (tertiary/aromatic N) is 1. The molecule has 0 radical (unpaired) electrons. The molecular weight excluding hydrogens is 494 g/mol. The van der Waals surface area contributed by atoms with Gasteiger partial charge in [0.2, 0.25) is 18.6 Å². The van der Waals surface area contributed by atoms with Gasteiger partial charge in [-0.25, -0.2) is 0 Å². The van der Waals surface area contributed by atoms with E-state index in [1.807, 2.05) is 36.4 Å². The predicted molar refractivity (Wildman–Crippen MR) is 140 cm³/mol.